The minimum Gasteiger partial charge on any atom is -0.497 e. The highest BCUT2D eigenvalue weighted by molar-refractivity contribution is 7.84. The molecule has 3 atom stereocenters. The van der Waals surface area contributed by atoms with E-state index in [1.807, 2.05) is 82.3 Å². The van der Waals surface area contributed by atoms with Crippen LogP contribution in [-0.4, -0.2) is 28.1 Å². The second-order valence-corrected chi connectivity index (χ2v) is 10.3. The number of carbonyl (C=O) groups excluding carboxylic acids is 1. The van der Waals surface area contributed by atoms with Crippen molar-refractivity contribution in [2.45, 2.75) is 57.9 Å². The number of carbonyl (C=O) groups is 1. The fourth-order valence-corrected chi connectivity index (χ4v) is 3.96. The van der Waals surface area contributed by atoms with Crippen LogP contribution in [0.15, 0.2) is 54.6 Å². The Hall–Kier alpha value is -2.18. The van der Waals surface area contributed by atoms with Gasteiger partial charge in [-0.25, -0.2) is 8.93 Å². The van der Waals surface area contributed by atoms with E-state index in [9.17, 15) is 9.00 Å². The molecule has 0 bridgehead atoms. The Bertz CT molecular complexity index is 815. The van der Waals surface area contributed by atoms with Gasteiger partial charge in [-0.3, -0.25) is 4.79 Å². The van der Waals surface area contributed by atoms with E-state index in [-0.39, 0.29) is 18.6 Å². The average Bonchev–Trinajstić information content (AvgIpc) is 2.74. The topological polar surface area (TPSA) is 64.6 Å². The Balaban J connectivity index is 2.15. The molecule has 5 nitrogen and oxygen atoms in total. The van der Waals surface area contributed by atoms with Crippen LogP contribution in [0.25, 0.3) is 0 Å². The first kappa shape index (κ1) is 24.1. The summed E-state index contributed by atoms with van der Waals surface area (Å²) in [7, 11) is 0.336. The van der Waals surface area contributed by atoms with E-state index >= 15 is 0 Å². The Morgan fingerprint density at radius 1 is 1.03 bits per heavy atom. The summed E-state index contributed by atoms with van der Waals surface area (Å²) in [5.74, 6) is 0.0221. The normalized spacial score (nSPS) is 14.6. The van der Waals surface area contributed by atoms with Gasteiger partial charge in [0.15, 0.2) is 0 Å². The molecule has 0 fully saturated rings. The molecule has 164 valence electrons. The number of nitrogens with one attached hydrogen (secondary N) is 1. The molecule has 30 heavy (non-hydrogen) atoms. The van der Waals surface area contributed by atoms with Gasteiger partial charge < -0.3 is 9.47 Å². The van der Waals surface area contributed by atoms with E-state index < -0.39 is 21.7 Å². The minimum atomic E-state index is -1.28. The smallest absolute Gasteiger partial charge is 0.311 e. The third-order valence-corrected chi connectivity index (χ3v) is 6.51. The van der Waals surface area contributed by atoms with Crippen molar-refractivity contribution < 1.29 is 18.5 Å². The maximum Gasteiger partial charge on any atom is 0.311 e. The van der Waals surface area contributed by atoms with Crippen LogP contribution in [-0.2, 0) is 33.5 Å². The number of hydrogen-bond donors (Lipinski definition) is 1. The second kappa shape index (κ2) is 11.3. The van der Waals surface area contributed by atoms with Crippen molar-refractivity contribution >= 4 is 17.0 Å². The third kappa shape index (κ3) is 7.26. The summed E-state index contributed by atoms with van der Waals surface area (Å²) >= 11 is 0. The molecular weight excluding hydrogens is 398 g/mol. The van der Waals surface area contributed by atoms with E-state index in [4.69, 9.17) is 9.47 Å². The monoisotopic (exact) mass is 431 g/mol. The maximum atomic E-state index is 13.1. The number of hydrogen-bond acceptors (Lipinski definition) is 4. The van der Waals surface area contributed by atoms with Crippen LogP contribution in [0, 0.1) is 5.92 Å². The third-order valence-electron chi connectivity index (χ3n) is 4.88. The zero-order valence-corrected chi connectivity index (χ0v) is 19.3. The first-order valence-corrected chi connectivity index (χ1v) is 11.4. The first-order chi connectivity index (χ1) is 14.2. The molecule has 2 aromatic carbocycles. The van der Waals surface area contributed by atoms with Gasteiger partial charge in [0.1, 0.15) is 12.4 Å². The van der Waals surface area contributed by atoms with Crippen LogP contribution < -0.4 is 9.46 Å². The lowest BCUT2D eigenvalue weighted by Gasteiger charge is -2.28. The molecule has 2 aromatic rings. The number of esters is 1. The maximum absolute atomic E-state index is 13.1. The molecule has 1 N–H and O–H groups in total. The minimum absolute atomic E-state index is 0.187. The Labute approximate surface area is 182 Å². The highest BCUT2D eigenvalue weighted by Crippen LogP contribution is 2.21. The molecule has 0 aromatic heterocycles. The number of rotatable bonds is 10. The molecule has 0 radical (unpaired) electrons. The Morgan fingerprint density at radius 3 is 2.20 bits per heavy atom. The van der Waals surface area contributed by atoms with Crippen molar-refractivity contribution in [3.8, 4) is 5.75 Å². The predicted molar refractivity (Wildman–Crippen MR) is 122 cm³/mol. The molecule has 0 saturated carbocycles. The van der Waals surface area contributed by atoms with Gasteiger partial charge in [0.25, 0.3) is 0 Å². The lowest BCUT2D eigenvalue weighted by Crippen LogP contribution is -2.46. The van der Waals surface area contributed by atoms with Gasteiger partial charge in [0.05, 0.1) is 28.8 Å². The molecular formula is C24H33NO4S. The number of ether oxygens (including phenoxy) is 2. The van der Waals surface area contributed by atoms with E-state index in [0.29, 0.717) is 12.8 Å². The highest BCUT2D eigenvalue weighted by Gasteiger charge is 2.32. The van der Waals surface area contributed by atoms with Gasteiger partial charge in [-0.1, -0.05) is 49.4 Å². The van der Waals surface area contributed by atoms with Crippen molar-refractivity contribution in [1.82, 2.24) is 4.72 Å². The summed E-state index contributed by atoms with van der Waals surface area (Å²) in [6.45, 7) is 7.92. The summed E-state index contributed by atoms with van der Waals surface area (Å²) < 4.78 is 26.3. The van der Waals surface area contributed by atoms with Gasteiger partial charge in [-0.2, -0.15) is 0 Å². The molecule has 0 spiro atoms. The van der Waals surface area contributed by atoms with Crippen LogP contribution in [0.5, 0.6) is 5.75 Å². The predicted octanol–water partition coefficient (Wildman–Crippen LogP) is 4.43. The highest BCUT2D eigenvalue weighted by atomic mass is 32.2. The quantitative estimate of drug-likeness (QED) is 0.565. The lowest BCUT2D eigenvalue weighted by molar-refractivity contribution is -0.150. The summed E-state index contributed by atoms with van der Waals surface area (Å²) in [6, 6.07) is 17.0. The number of benzene rings is 2. The van der Waals surface area contributed by atoms with Crippen LogP contribution in [0.3, 0.4) is 0 Å². The van der Waals surface area contributed by atoms with Gasteiger partial charge in [0, 0.05) is 6.04 Å². The van der Waals surface area contributed by atoms with Crippen molar-refractivity contribution in [1.29, 1.82) is 0 Å². The molecule has 2 rings (SSSR count). The Kier molecular flexibility index (Phi) is 9.06. The molecule has 0 saturated heterocycles. The molecule has 6 heteroatoms. The zero-order valence-electron chi connectivity index (χ0n) is 18.5. The fourth-order valence-electron chi connectivity index (χ4n) is 3.01. The number of methoxy groups -OCH3 is 1. The van der Waals surface area contributed by atoms with Crippen LogP contribution in [0.4, 0.5) is 0 Å². The van der Waals surface area contributed by atoms with Crippen LogP contribution in [0.1, 0.15) is 45.2 Å². The molecule has 0 heterocycles. The second-order valence-electron chi connectivity index (χ2n) is 8.27. The Morgan fingerprint density at radius 2 is 1.67 bits per heavy atom. The van der Waals surface area contributed by atoms with Gasteiger partial charge in [0.2, 0.25) is 0 Å². The van der Waals surface area contributed by atoms with E-state index in [1.165, 1.54) is 0 Å². The van der Waals surface area contributed by atoms with Gasteiger partial charge in [-0.15, -0.1) is 0 Å². The molecule has 0 aliphatic rings. The average molecular weight is 432 g/mol. The SMILES string of the molecule is CC[C@@H](N[S@](=O)C(C)(C)C)[C@H](Cc1ccccc1)C(=O)OCc1ccc(OC)cc1. The van der Waals surface area contributed by atoms with Crippen LogP contribution >= 0.6 is 0 Å². The molecule has 0 aliphatic heterocycles. The fraction of sp³-hybridized carbons (Fsp3) is 0.458. The molecule has 0 aliphatic carbocycles. The van der Waals surface area contributed by atoms with E-state index in [0.717, 1.165) is 16.9 Å². The lowest BCUT2D eigenvalue weighted by atomic mass is 9.91. The zero-order chi connectivity index (χ0) is 22.1. The van der Waals surface area contributed by atoms with Crippen LogP contribution in [0.2, 0.25) is 0 Å². The standard InChI is InChI=1S/C24H33NO4S/c1-6-22(25-30(27)24(2,3)4)21(16-18-10-8-7-9-11-18)23(26)29-17-19-12-14-20(28-5)15-13-19/h7-15,21-22,25H,6,16-17H2,1-5H3/t21-,22+,30+/m0/s1. The summed E-state index contributed by atoms with van der Waals surface area (Å²) in [5, 5.41) is 0. The summed E-state index contributed by atoms with van der Waals surface area (Å²) in [6.07, 6.45) is 1.19. The van der Waals surface area contributed by atoms with Crippen molar-refractivity contribution in [3.05, 3.63) is 65.7 Å². The van der Waals surface area contributed by atoms with Gasteiger partial charge >= 0.3 is 5.97 Å². The van der Waals surface area contributed by atoms with Crippen molar-refractivity contribution in [3.63, 3.8) is 0 Å². The largest absolute Gasteiger partial charge is 0.497 e. The summed E-state index contributed by atoms with van der Waals surface area (Å²) in [4.78, 5) is 13.1. The van der Waals surface area contributed by atoms with E-state index in [1.54, 1.807) is 7.11 Å². The first-order valence-electron chi connectivity index (χ1n) is 10.3. The van der Waals surface area contributed by atoms with E-state index in [2.05, 4.69) is 4.72 Å². The molecule has 0 unspecified atom stereocenters. The van der Waals surface area contributed by atoms with Gasteiger partial charge in [-0.05, 0) is 56.9 Å². The van der Waals surface area contributed by atoms with Crippen molar-refractivity contribution in [2.24, 2.45) is 5.92 Å². The summed E-state index contributed by atoms with van der Waals surface area (Å²) in [5.41, 5.74) is 1.94. The molecule has 0 amide bonds. The van der Waals surface area contributed by atoms with Crippen molar-refractivity contribution in [2.75, 3.05) is 7.11 Å².